The zero-order valence-electron chi connectivity index (χ0n) is 10.4. The number of hydrogen-bond acceptors (Lipinski definition) is 3. The maximum Gasteiger partial charge on any atom is 0.318 e. The maximum absolute atomic E-state index is 11.1. The quantitative estimate of drug-likeness (QED) is 0.608. The molecule has 0 aromatic carbocycles. The van der Waals surface area contributed by atoms with E-state index in [-0.39, 0.29) is 18.5 Å². The average molecular weight is 229 g/mol. The standard InChI is InChI=1S/C11H23N3O2/c1-8(2)5-4-6-9(3)13-7-10(15)14-11(12)16/h8-9,13H,4-7H2,1-3H3,(H3,12,14,15,16). The summed E-state index contributed by atoms with van der Waals surface area (Å²) in [5.41, 5.74) is 4.81. The first kappa shape index (κ1) is 14.9. The number of carbonyl (C=O) groups is 2. The van der Waals surface area contributed by atoms with Crippen LogP contribution in [0, 0.1) is 5.92 Å². The van der Waals surface area contributed by atoms with Crippen LogP contribution in [0.15, 0.2) is 0 Å². The zero-order chi connectivity index (χ0) is 12.6. The molecule has 1 unspecified atom stereocenters. The molecule has 0 bridgehead atoms. The minimum atomic E-state index is -0.806. The molecule has 0 fully saturated rings. The molecule has 0 spiro atoms. The third-order valence-corrected chi connectivity index (χ3v) is 2.29. The van der Waals surface area contributed by atoms with E-state index in [0.29, 0.717) is 5.92 Å². The Bertz CT molecular complexity index is 229. The van der Waals surface area contributed by atoms with Crippen molar-refractivity contribution in [3.05, 3.63) is 0 Å². The van der Waals surface area contributed by atoms with Crippen molar-refractivity contribution >= 4 is 11.9 Å². The van der Waals surface area contributed by atoms with Crippen molar-refractivity contribution in [1.29, 1.82) is 0 Å². The normalized spacial score (nSPS) is 12.5. The molecule has 0 aromatic rings. The van der Waals surface area contributed by atoms with Crippen LogP contribution in [0.25, 0.3) is 0 Å². The Hall–Kier alpha value is -1.10. The Balaban J connectivity index is 3.53. The van der Waals surface area contributed by atoms with Crippen LogP contribution < -0.4 is 16.4 Å². The smallest absolute Gasteiger partial charge is 0.318 e. The Morgan fingerprint density at radius 3 is 2.31 bits per heavy atom. The van der Waals surface area contributed by atoms with Crippen molar-refractivity contribution in [2.45, 2.75) is 46.1 Å². The maximum atomic E-state index is 11.1. The zero-order valence-corrected chi connectivity index (χ0v) is 10.4. The number of nitrogens with one attached hydrogen (secondary N) is 2. The molecule has 0 aliphatic heterocycles. The van der Waals surface area contributed by atoms with Gasteiger partial charge in [0.15, 0.2) is 0 Å². The third kappa shape index (κ3) is 9.45. The van der Waals surface area contributed by atoms with Gasteiger partial charge in [0.1, 0.15) is 0 Å². The molecular weight excluding hydrogens is 206 g/mol. The van der Waals surface area contributed by atoms with Gasteiger partial charge in [-0.05, 0) is 19.3 Å². The largest absolute Gasteiger partial charge is 0.351 e. The summed E-state index contributed by atoms with van der Waals surface area (Å²) in [7, 11) is 0. The van der Waals surface area contributed by atoms with Gasteiger partial charge in [0.25, 0.3) is 0 Å². The predicted molar refractivity (Wildman–Crippen MR) is 63.9 cm³/mol. The number of hydrogen-bond donors (Lipinski definition) is 3. The average Bonchev–Trinajstić information content (AvgIpc) is 2.13. The second-order valence-electron chi connectivity index (χ2n) is 4.52. The monoisotopic (exact) mass is 229 g/mol. The van der Waals surface area contributed by atoms with Gasteiger partial charge in [0, 0.05) is 6.04 Å². The van der Waals surface area contributed by atoms with Crippen molar-refractivity contribution in [3.8, 4) is 0 Å². The van der Waals surface area contributed by atoms with Crippen molar-refractivity contribution in [3.63, 3.8) is 0 Å². The van der Waals surface area contributed by atoms with Crippen molar-refractivity contribution in [2.24, 2.45) is 11.7 Å². The highest BCUT2D eigenvalue weighted by Crippen LogP contribution is 2.07. The first-order valence-electron chi connectivity index (χ1n) is 5.74. The topological polar surface area (TPSA) is 84.2 Å². The van der Waals surface area contributed by atoms with E-state index in [1.807, 2.05) is 12.2 Å². The molecule has 0 aromatic heterocycles. The Morgan fingerprint density at radius 1 is 1.19 bits per heavy atom. The fourth-order valence-corrected chi connectivity index (χ4v) is 1.38. The summed E-state index contributed by atoms with van der Waals surface area (Å²) in [5.74, 6) is 0.327. The molecular formula is C11H23N3O2. The minimum Gasteiger partial charge on any atom is -0.351 e. The molecule has 94 valence electrons. The van der Waals surface area contributed by atoms with Crippen LogP contribution in [0.5, 0.6) is 0 Å². The number of carbonyl (C=O) groups excluding carboxylic acids is 2. The summed E-state index contributed by atoms with van der Waals surface area (Å²) in [6, 6.07) is -0.531. The molecule has 5 nitrogen and oxygen atoms in total. The van der Waals surface area contributed by atoms with Crippen LogP contribution in [0.1, 0.15) is 40.0 Å². The summed E-state index contributed by atoms with van der Waals surface area (Å²) in [4.78, 5) is 21.4. The first-order chi connectivity index (χ1) is 7.41. The molecule has 5 heteroatoms. The minimum absolute atomic E-state index is 0.131. The lowest BCUT2D eigenvalue weighted by Gasteiger charge is -2.13. The lowest BCUT2D eigenvalue weighted by atomic mass is 10.0. The number of imide groups is 1. The van der Waals surface area contributed by atoms with Gasteiger partial charge >= 0.3 is 6.03 Å². The fraction of sp³-hybridized carbons (Fsp3) is 0.818. The summed E-state index contributed by atoms with van der Waals surface area (Å²) >= 11 is 0. The van der Waals surface area contributed by atoms with Crippen molar-refractivity contribution in [2.75, 3.05) is 6.54 Å². The number of rotatable bonds is 7. The van der Waals surface area contributed by atoms with Crippen molar-refractivity contribution < 1.29 is 9.59 Å². The molecule has 0 heterocycles. The van der Waals surface area contributed by atoms with Crippen LogP contribution in [0.3, 0.4) is 0 Å². The SMILES string of the molecule is CC(C)CCCC(C)NCC(=O)NC(N)=O. The Labute approximate surface area is 97.2 Å². The predicted octanol–water partition coefficient (Wildman–Crippen LogP) is 0.986. The molecule has 0 radical (unpaired) electrons. The highest BCUT2D eigenvalue weighted by atomic mass is 16.2. The number of nitrogens with two attached hydrogens (primary N) is 1. The summed E-state index contributed by atoms with van der Waals surface area (Å²) in [6.45, 7) is 6.54. The molecule has 0 saturated heterocycles. The molecule has 0 aliphatic carbocycles. The fourth-order valence-electron chi connectivity index (χ4n) is 1.38. The van der Waals surface area contributed by atoms with Crippen LogP contribution in [-0.4, -0.2) is 24.5 Å². The van der Waals surface area contributed by atoms with E-state index in [1.54, 1.807) is 0 Å². The molecule has 3 amide bonds. The van der Waals surface area contributed by atoms with Crippen LogP contribution in [-0.2, 0) is 4.79 Å². The number of amides is 3. The van der Waals surface area contributed by atoms with E-state index in [0.717, 1.165) is 12.8 Å². The Morgan fingerprint density at radius 2 is 1.81 bits per heavy atom. The van der Waals surface area contributed by atoms with Gasteiger partial charge in [0.2, 0.25) is 5.91 Å². The lowest BCUT2D eigenvalue weighted by Crippen LogP contribution is -2.42. The number of primary amides is 1. The van der Waals surface area contributed by atoms with Gasteiger partial charge < -0.3 is 11.1 Å². The van der Waals surface area contributed by atoms with Gasteiger partial charge in [-0.3, -0.25) is 10.1 Å². The highest BCUT2D eigenvalue weighted by molar-refractivity contribution is 5.94. The van der Waals surface area contributed by atoms with Gasteiger partial charge in [-0.25, -0.2) is 4.79 Å². The van der Waals surface area contributed by atoms with Crippen LogP contribution in [0.4, 0.5) is 4.79 Å². The van der Waals surface area contributed by atoms with E-state index in [9.17, 15) is 9.59 Å². The second-order valence-corrected chi connectivity index (χ2v) is 4.52. The third-order valence-electron chi connectivity index (χ3n) is 2.29. The highest BCUT2D eigenvalue weighted by Gasteiger charge is 2.07. The van der Waals surface area contributed by atoms with Gasteiger partial charge in [-0.2, -0.15) is 0 Å². The molecule has 4 N–H and O–H groups in total. The van der Waals surface area contributed by atoms with E-state index in [1.165, 1.54) is 6.42 Å². The first-order valence-corrected chi connectivity index (χ1v) is 5.74. The molecule has 0 aliphatic rings. The van der Waals surface area contributed by atoms with Gasteiger partial charge in [0.05, 0.1) is 6.54 Å². The molecule has 0 rings (SSSR count). The second kappa shape index (κ2) is 8.10. The lowest BCUT2D eigenvalue weighted by molar-refractivity contribution is -0.119. The summed E-state index contributed by atoms with van der Waals surface area (Å²) < 4.78 is 0. The van der Waals surface area contributed by atoms with E-state index in [4.69, 9.17) is 5.73 Å². The van der Waals surface area contributed by atoms with Crippen LogP contribution >= 0.6 is 0 Å². The molecule has 16 heavy (non-hydrogen) atoms. The van der Waals surface area contributed by atoms with E-state index >= 15 is 0 Å². The van der Waals surface area contributed by atoms with Gasteiger partial charge in [-0.15, -0.1) is 0 Å². The number of urea groups is 1. The molecule has 1 atom stereocenters. The van der Waals surface area contributed by atoms with Gasteiger partial charge in [-0.1, -0.05) is 26.7 Å². The van der Waals surface area contributed by atoms with Crippen LogP contribution in [0.2, 0.25) is 0 Å². The molecule has 0 saturated carbocycles. The van der Waals surface area contributed by atoms with Crippen molar-refractivity contribution in [1.82, 2.24) is 10.6 Å². The summed E-state index contributed by atoms with van der Waals surface area (Å²) in [5, 5.41) is 5.05. The van der Waals surface area contributed by atoms with E-state index in [2.05, 4.69) is 19.2 Å². The summed E-state index contributed by atoms with van der Waals surface area (Å²) in [6.07, 6.45) is 3.37. The van der Waals surface area contributed by atoms with E-state index < -0.39 is 6.03 Å². The Kier molecular flexibility index (Phi) is 7.54.